The van der Waals surface area contributed by atoms with Crippen LogP contribution in [0.15, 0.2) is 35.2 Å². The summed E-state index contributed by atoms with van der Waals surface area (Å²) in [6.45, 7) is 7.97. The van der Waals surface area contributed by atoms with Crippen LogP contribution >= 0.6 is 11.8 Å². The molecule has 1 atom stereocenters. The van der Waals surface area contributed by atoms with Gasteiger partial charge in [-0.1, -0.05) is 6.92 Å². The fraction of sp³-hybridized carbons (Fsp3) is 0.364. The molecular weight excluding hydrogens is 370 g/mol. The highest BCUT2D eigenvalue weighted by Gasteiger charge is 2.37. The summed E-state index contributed by atoms with van der Waals surface area (Å²) in [7, 11) is 4.04. The molecule has 148 valence electrons. The van der Waals surface area contributed by atoms with Crippen molar-refractivity contribution in [1.82, 2.24) is 9.47 Å². The van der Waals surface area contributed by atoms with Gasteiger partial charge in [0.15, 0.2) is 0 Å². The molecule has 0 saturated carbocycles. The van der Waals surface area contributed by atoms with Crippen LogP contribution in [0.3, 0.4) is 0 Å². The first-order chi connectivity index (χ1) is 13.2. The van der Waals surface area contributed by atoms with Crippen LogP contribution in [0, 0.1) is 13.8 Å². The Labute approximate surface area is 171 Å². The van der Waals surface area contributed by atoms with Crippen molar-refractivity contribution in [1.29, 1.82) is 0 Å². The Hall–Kier alpha value is -2.47. The van der Waals surface area contributed by atoms with Gasteiger partial charge in [-0.2, -0.15) is 0 Å². The van der Waals surface area contributed by atoms with Crippen LogP contribution in [0.5, 0.6) is 0 Å². The van der Waals surface area contributed by atoms with Gasteiger partial charge in [-0.15, -0.1) is 0 Å². The lowest BCUT2D eigenvalue weighted by molar-refractivity contribution is -0.124. The number of anilines is 1. The van der Waals surface area contributed by atoms with Gasteiger partial charge in [-0.25, -0.2) is 0 Å². The molecule has 0 radical (unpaired) electrons. The standard InChI is InChI=1S/C22H27N3O2S/c1-7-14(2)25-21(26)20(28-22(25)27)13-17-12-15(3)24(16(17)4)19-10-8-18(9-11-19)23(5)6/h8-14H,7H2,1-6H3/b20-13+/t14-/m1/s1. The summed E-state index contributed by atoms with van der Waals surface area (Å²) in [5.74, 6) is -0.190. The van der Waals surface area contributed by atoms with E-state index in [9.17, 15) is 9.59 Å². The van der Waals surface area contributed by atoms with Gasteiger partial charge < -0.3 is 9.47 Å². The monoisotopic (exact) mass is 397 g/mol. The summed E-state index contributed by atoms with van der Waals surface area (Å²) in [5, 5.41) is -0.182. The molecule has 1 aromatic heterocycles. The van der Waals surface area contributed by atoms with E-state index in [4.69, 9.17) is 0 Å². The van der Waals surface area contributed by atoms with Crippen LogP contribution in [0.1, 0.15) is 37.2 Å². The molecule has 2 amide bonds. The number of carbonyl (C=O) groups excluding carboxylic acids is 2. The van der Waals surface area contributed by atoms with E-state index >= 15 is 0 Å². The number of aromatic nitrogens is 1. The molecule has 0 unspecified atom stereocenters. The fourth-order valence-corrected chi connectivity index (χ4v) is 4.34. The number of amides is 2. The van der Waals surface area contributed by atoms with E-state index in [1.165, 1.54) is 4.90 Å². The molecule has 2 aromatic rings. The quantitative estimate of drug-likeness (QED) is 0.667. The lowest BCUT2D eigenvalue weighted by atomic mass is 10.2. The second-order valence-electron chi connectivity index (χ2n) is 7.38. The van der Waals surface area contributed by atoms with Gasteiger partial charge in [0.2, 0.25) is 0 Å². The molecule has 6 heteroatoms. The van der Waals surface area contributed by atoms with Gasteiger partial charge >= 0.3 is 0 Å². The third-order valence-corrected chi connectivity index (χ3v) is 6.12. The topological polar surface area (TPSA) is 45.6 Å². The zero-order valence-corrected chi connectivity index (χ0v) is 18.1. The molecule has 1 aromatic carbocycles. The van der Waals surface area contributed by atoms with Gasteiger partial charge in [0.25, 0.3) is 11.1 Å². The molecule has 0 spiro atoms. The lowest BCUT2D eigenvalue weighted by Crippen LogP contribution is -2.36. The minimum Gasteiger partial charge on any atom is -0.378 e. The molecule has 1 aliphatic heterocycles. The highest BCUT2D eigenvalue weighted by atomic mass is 32.2. The summed E-state index contributed by atoms with van der Waals surface area (Å²) >= 11 is 1.03. The average molecular weight is 398 g/mol. The van der Waals surface area contributed by atoms with Crippen molar-refractivity contribution < 1.29 is 9.59 Å². The zero-order valence-electron chi connectivity index (χ0n) is 17.3. The Kier molecular flexibility index (Phi) is 5.70. The SMILES string of the molecule is CC[C@@H](C)N1C(=O)S/C(=C/c2cc(C)n(-c3ccc(N(C)C)cc3)c2C)C1=O. The van der Waals surface area contributed by atoms with Crippen LogP contribution in [0.25, 0.3) is 11.8 Å². The van der Waals surface area contributed by atoms with Gasteiger partial charge in [0.05, 0.1) is 4.91 Å². The number of rotatable bonds is 5. The highest BCUT2D eigenvalue weighted by molar-refractivity contribution is 8.18. The summed E-state index contributed by atoms with van der Waals surface area (Å²) in [6.07, 6.45) is 2.60. The van der Waals surface area contributed by atoms with E-state index in [-0.39, 0.29) is 17.2 Å². The van der Waals surface area contributed by atoms with Crippen molar-refractivity contribution in [2.45, 2.75) is 40.2 Å². The number of aryl methyl sites for hydroxylation is 1. The fourth-order valence-electron chi connectivity index (χ4n) is 3.41. The number of carbonyl (C=O) groups is 2. The Bertz CT molecular complexity index is 941. The van der Waals surface area contributed by atoms with E-state index in [0.29, 0.717) is 4.91 Å². The molecule has 28 heavy (non-hydrogen) atoms. The molecule has 1 saturated heterocycles. The number of hydrogen-bond donors (Lipinski definition) is 0. The minimum absolute atomic E-state index is 0.0824. The summed E-state index contributed by atoms with van der Waals surface area (Å²) < 4.78 is 2.17. The normalized spacial score (nSPS) is 16.9. The Balaban J connectivity index is 1.95. The second-order valence-corrected chi connectivity index (χ2v) is 8.37. The summed E-state index contributed by atoms with van der Waals surface area (Å²) in [5.41, 5.74) is 5.31. The summed E-state index contributed by atoms with van der Waals surface area (Å²) in [6, 6.07) is 10.3. The smallest absolute Gasteiger partial charge is 0.293 e. The van der Waals surface area contributed by atoms with Crippen molar-refractivity contribution in [3.05, 3.63) is 52.2 Å². The number of thioether (sulfide) groups is 1. The number of hydrogen-bond acceptors (Lipinski definition) is 4. The van der Waals surface area contributed by atoms with Crippen molar-refractivity contribution in [3.8, 4) is 5.69 Å². The number of imide groups is 1. The first-order valence-electron chi connectivity index (χ1n) is 9.48. The average Bonchev–Trinajstić information content (AvgIpc) is 3.09. The Morgan fingerprint density at radius 3 is 2.36 bits per heavy atom. The summed E-state index contributed by atoms with van der Waals surface area (Å²) in [4.78, 5) is 28.9. The van der Waals surface area contributed by atoms with Gasteiger partial charge in [-0.3, -0.25) is 14.5 Å². The maximum Gasteiger partial charge on any atom is 0.293 e. The molecule has 1 aliphatic rings. The van der Waals surface area contributed by atoms with E-state index in [1.807, 2.05) is 40.9 Å². The number of nitrogens with zero attached hydrogens (tertiary/aromatic N) is 3. The number of benzene rings is 1. The third kappa shape index (κ3) is 3.61. The van der Waals surface area contributed by atoms with Gasteiger partial charge in [0, 0.05) is 42.9 Å². The zero-order chi connectivity index (χ0) is 20.6. The molecular formula is C22H27N3O2S. The second kappa shape index (κ2) is 7.87. The Morgan fingerprint density at radius 1 is 1.14 bits per heavy atom. The predicted octanol–water partition coefficient (Wildman–Crippen LogP) is 4.99. The van der Waals surface area contributed by atoms with Crippen molar-refractivity contribution in [2.75, 3.05) is 19.0 Å². The molecule has 3 rings (SSSR count). The lowest BCUT2D eigenvalue weighted by Gasteiger charge is -2.19. The molecule has 0 N–H and O–H groups in total. The van der Waals surface area contributed by atoms with E-state index in [0.717, 1.165) is 46.5 Å². The molecule has 0 bridgehead atoms. The molecule has 0 aliphatic carbocycles. The van der Waals surface area contributed by atoms with Crippen LogP contribution in [0.4, 0.5) is 10.5 Å². The van der Waals surface area contributed by atoms with Crippen molar-refractivity contribution in [2.24, 2.45) is 0 Å². The maximum absolute atomic E-state index is 12.7. The molecule has 1 fully saturated rings. The molecule has 5 nitrogen and oxygen atoms in total. The van der Waals surface area contributed by atoms with Crippen molar-refractivity contribution in [3.63, 3.8) is 0 Å². The largest absolute Gasteiger partial charge is 0.378 e. The van der Waals surface area contributed by atoms with Gasteiger partial charge in [-0.05, 0) is 80.9 Å². The molecule has 2 heterocycles. The van der Waals surface area contributed by atoms with Gasteiger partial charge in [0.1, 0.15) is 0 Å². The first kappa shape index (κ1) is 20.3. The Morgan fingerprint density at radius 2 is 1.79 bits per heavy atom. The van der Waals surface area contributed by atoms with Crippen LogP contribution in [-0.2, 0) is 4.79 Å². The van der Waals surface area contributed by atoms with Crippen molar-refractivity contribution >= 4 is 34.7 Å². The highest BCUT2D eigenvalue weighted by Crippen LogP contribution is 2.35. The van der Waals surface area contributed by atoms with E-state index in [2.05, 4.69) is 46.7 Å². The van der Waals surface area contributed by atoms with Crippen LogP contribution in [-0.4, -0.2) is 40.8 Å². The van der Waals surface area contributed by atoms with E-state index in [1.54, 1.807) is 0 Å². The van der Waals surface area contributed by atoms with Crippen LogP contribution < -0.4 is 4.90 Å². The third-order valence-electron chi connectivity index (χ3n) is 5.24. The predicted molar refractivity (Wildman–Crippen MR) is 117 cm³/mol. The first-order valence-corrected chi connectivity index (χ1v) is 10.3. The van der Waals surface area contributed by atoms with Crippen LogP contribution in [0.2, 0.25) is 0 Å². The van der Waals surface area contributed by atoms with E-state index < -0.39 is 0 Å². The minimum atomic E-state index is -0.190. The maximum atomic E-state index is 12.7.